The van der Waals surface area contributed by atoms with E-state index < -0.39 is 0 Å². The van der Waals surface area contributed by atoms with Crippen LogP contribution in [0.3, 0.4) is 0 Å². The van der Waals surface area contributed by atoms with Gasteiger partial charge in [0.15, 0.2) is 0 Å². The number of rotatable bonds is 5. The van der Waals surface area contributed by atoms with Crippen molar-refractivity contribution in [1.82, 2.24) is 4.98 Å². The minimum atomic E-state index is -0.232. The van der Waals surface area contributed by atoms with Gasteiger partial charge >= 0.3 is 5.97 Å². The number of carbonyl (C=O) groups excluding carboxylic acids is 1. The molecule has 3 heteroatoms. The predicted molar refractivity (Wildman–Crippen MR) is 112 cm³/mol. The molecule has 0 bridgehead atoms. The highest BCUT2D eigenvalue weighted by Crippen LogP contribution is 2.26. The van der Waals surface area contributed by atoms with E-state index in [1.807, 2.05) is 36.4 Å². The molecule has 0 amide bonds. The fraction of sp³-hybridized carbons (Fsp3) is 0.120. The lowest BCUT2D eigenvalue weighted by molar-refractivity contribution is -0.134. The quantitative estimate of drug-likeness (QED) is 0.333. The van der Waals surface area contributed by atoms with E-state index in [-0.39, 0.29) is 5.97 Å². The molecule has 0 spiro atoms. The third-order valence-electron chi connectivity index (χ3n) is 4.72. The molecule has 0 N–H and O–H groups in total. The van der Waals surface area contributed by atoms with Gasteiger partial charge in [0.2, 0.25) is 0 Å². The first-order valence-corrected chi connectivity index (χ1v) is 9.40. The Bertz CT molecular complexity index is 1100. The highest BCUT2D eigenvalue weighted by Gasteiger charge is 2.11. The number of aromatic nitrogens is 1. The van der Waals surface area contributed by atoms with Gasteiger partial charge in [-0.1, -0.05) is 66.2 Å². The Balaban J connectivity index is 1.60. The van der Waals surface area contributed by atoms with Crippen LogP contribution >= 0.6 is 0 Å². The van der Waals surface area contributed by atoms with E-state index in [2.05, 4.69) is 43.3 Å². The molecule has 0 fully saturated rings. The first-order valence-electron chi connectivity index (χ1n) is 9.40. The second-order valence-corrected chi connectivity index (χ2v) is 6.84. The van der Waals surface area contributed by atoms with Crippen molar-refractivity contribution in [2.24, 2.45) is 0 Å². The summed E-state index contributed by atoms with van der Waals surface area (Å²) in [5, 5.41) is 1.07. The van der Waals surface area contributed by atoms with Crippen LogP contribution in [-0.4, -0.2) is 11.0 Å². The Morgan fingerprint density at radius 1 is 0.893 bits per heavy atom. The summed E-state index contributed by atoms with van der Waals surface area (Å²) < 4.78 is 5.42. The van der Waals surface area contributed by atoms with Crippen molar-refractivity contribution in [3.8, 4) is 17.0 Å². The van der Waals surface area contributed by atoms with Crippen LogP contribution in [0.1, 0.15) is 17.5 Å². The molecule has 1 heterocycles. The summed E-state index contributed by atoms with van der Waals surface area (Å²) in [6.45, 7) is 2.07. The molecular weight excluding hydrogens is 346 g/mol. The molecule has 0 radical (unpaired) electrons. The summed E-state index contributed by atoms with van der Waals surface area (Å²) in [6.07, 6.45) is 0.920. The fourth-order valence-electron chi connectivity index (χ4n) is 3.23. The second-order valence-electron chi connectivity index (χ2n) is 6.84. The SMILES string of the molecule is Cc1ccc(-c2cc(CCC(=O)Oc3ccccc3)c3ccccc3n2)cc1. The summed E-state index contributed by atoms with van der Waals surface area (Å²) in [6, 6.07) is 27.7. The molecule has 0 saturated carbocycles. The maximum absolute atomic E-state index is 12.3. The van der Waals surface area contributed by atoms with Crippen LogP contribution in [0, 0.1) is 6.92 Å². The lowest BCUT2D eigenvalue weighted by atomic mass is 10.0. The summed E-state index contributed by atoms with van der Waals surface area (Å²) >= 11 is 0. The van der Waals surface area contributed by atoms with Gasteiger partial charge in [-0.2, -0.15) is 0 Å². The first-order chi connectivity index (χ1) is 13.7. The van der Waals surface area contributed by atoms with Gasteiger partial charge in [-0.05, 0) is 43.2 Å². The maximum Gasteiger partial charge on any atom is 0.311 e. The van der Waals surface area contributed by atoms with Crippen molar-refractivity contribution in [1.29, 1.82) is 0 Å². The molecule has 0 unspecified atom stereocenters. The van der Waals surface area contributed by atoms with Crippen LogP contribution in [0.25, 0.3) is 22.2 Å². The summed E-state index contributed by atoms with van der Waals surface area (Å²) in [4.78, 5) is 17.1. The Morgan fingerprint density at radius 2 is 1.61 bits per heavy atom. The number of ether oxygens (including phenoxy) is 1. The number of aryl methyl sites for hydroxylation is 2. The number of carbonyl (C=O) groups is 1. The molecule has 0 atom stereocenters. The number of pyridine rings is 1. The van der Waals surface area contributed by atoms with Crippen molar-refractivity contribution in [2.75, 3.05) is 0 Å². The molecule has 138 valence electrons. The van der Waals surface area contributed by atoms with Crippen molar-refractivity contribution in [3.05, 3.63) is 96.1 Å². The average Bonchev–Trinajstić information content (AvgIpc) is 2.73. The highest BCUT2D eigenvalue weighted by atomic mass is 16.5. The van der Waals surface area contributed by atoms with Crippen LogP contribution in [0.4, 0.5) is 0 Å². The maximum atomic E-state index is 12.3. The molecule has 0 aliphatic carbocycles. The fourth-order valence-corrected chi connectivity index (χ4v) is 3.23. The van der Waals surface area contributed by atoms with Crippen LogP contribution in [0.5, 0.6) is 5.75 Å². The van der Waals surface area contributed by atoms with E-state index in [0.717, 1.165) is 27.7 Å². The number of benzene rings is 3. The molecule has 1 aromatic heterocycles. The van der Waals surface area contributed by atoms with E-state index in [0.29, 0.717) is 18.6 Å². The summed E-state index contributed by atoms with van der Waals surface area (Å²) in [7, 11) is 0. The van der Waals surface area contributed by atoms with Gasteiger partial charge in [0, 0.05) is 10.9 Å². The third-order valence-corrected chi connectivity index (χ3v) is 4.72. The van der Waals surface area contributed by atoms with Crippen molar-refractivity contribution >= 4 is 16.9 Å². The molecule has 28 heavy (non-hydrogen) atoms. The molecule has 0 aliphatic rings. The molecule has 0 saturated heterocycles. The van der Waals surface area contributed by atoms with Gasteiger partial charge in [-0.15, -0.1) is 0 Å². The number of hydrogen-bond acceptors (Lipinski definition) is 3. The highest BCUT2D eigenvalue weighted by molar-refractivity contribution is 5.85. The number of esters is 1. The van der Waals surface area contributed by atoms with E-state index in [9.17, 15) is 4.79 Å². The largest absolute Gasteiger partial charge is 0.427 e. The minimum Gasteiger partial charge on any atom is -0.427 e. The molecule has 0 aliphatic heterocycles. The number of hydrogen-bond donors (Lipinski definition) is 0. The van der Waals surface area contributed by atoms with E-state index in [4.69, 9.17) is 9.72 Å². The third kappa shape index (κ3) is 4.09. The van der Waals surface area contributed by atoms with Gasteiger partial charge in [0.1, 0.15) is 5.75 Å². The van der Waals surface area contributed by atoms with Crippen LogP contribution in [0.15, 0.2) is 84.9 Å². The number of fused-ring (bicyclic) bond motifs is 1. The monoisotopic (exact) mass is 367 g/mol. The Kier molecular flexibility index (Phi) is 5.16. The van der Waals surface area contributed by atoms with Gasteiger partial charge in [0.25, 0.3) is 0 Å². The molecule has 4 rings (SSSR count). The van der Waals surface area contributed by atoms with Crippen molar-refractivity contribution < 1.29 is 9.53 Å². The molecule has 4 aromatic rings. The Labute approximate surface area is 164 Å². The van der Waals surface area contributed by atoms with Gasteiger partial charge in [-0.25, -0.2) is 4.98 Å². The Morgan fingerprint density at radius 3 is 2.39 bits per heavy atom. The van der Waals surface area contributed by atoms with Crippen molar-refractivity contribution in [3.63, 3.8) is 0 Å². The van der Waals surface area contributed by atoms with Gasteiger partial charge < -0.3 is 4.74 Å². The van der Waals surface area contributed by atoms with E-state index >= 15 is 0 Å². The lowest BCUT2D eigenvalue weighted by Crippen LogP contribution is -2.09. The molecule has 3 aromatic carbocycles. The normalized spacial score (nSPS) is 10.8. The van der Waals surface area contributed by atoms with Crippen LogP contribution in [0.2, 0.25) is 0 Å². The molecule has 3 nitrogen and oxygen atoms in total. The second kappa shape index (κ2) is 8.05. The van der Waals surface area contributed by atoms with E-state index in [1.54, 1.807) is 12.1 Å². The molecular formula is C25H21NO2. The standard InChI is InChI=1S/C25H21NO2/c1-18-11-13-19(14-12-18)24-17-20(22-9-5-6-10-23(22)26-24)15-16-25(27)28-21-7-3-2-4-8-21/h2-14,17H,15-16H2,1H3. The summed E-state index contributed by atoms with van der Waals surface area (Å²) in [5.41, 5.74) is 5.25. The average molecular weight is 367 g/mol. The minimum absolute atomic E-state index is 0.232. The number of para-hydroxylation sites is 2. The zero-order valence-electron chi connectivity index (χ0n) is 15.8. The lowest BCUT2D eigenvalue weighted by Gasteiger charge is -2.10. The van der Waals surface area contributed by atoms with Crippen LogP contribution < -0.4 is 4.74 Å². The van der Waals surface area contributed by atoms with E-state index in [1.165, 1.54) is 5.56 Å². The first kappa shape index (κ1) is 17.9. The summed E-state index contributed by atoms with van der Waals surface area (Å²) in [5.74, 6) is 0.344. The van der Waals surface area contributed by atoms with Crippen molar-refractivity contribution in [2.45, 2.75) is 19.8 Å². The predicted octanol–water partition coefficient (Wildman–Crippen LogP) is 5.75. The zero-order valence-corrected chi connectivity index (χ0v) is 15.8. The zero-order chi connectivity index (χ0) is 19.3. The van der Waals surface area contributed by atoms with Gasteiger partial charge in [-0.3, -0.25) is 4.79 Å². The number of nitrogens with zero attached hydrogens (tertiary/aromatic N) is 1. The van der Waals surface area contributed by atoms with Gasteiger partial charge in [0.05, 0.1) is 17.6 Å². The smallest absolute Gasteiger partial charge is 0.311 e. The topological polar surface area (TPSA) is 39.2 Å². The Hall–Kier alpha value is -3.46. The van der Waals surface area contributed by atoms with Crippen LogP contribution in [-0.2, 0) is 11.2 Å².